The normalized spacial score (nSPS) is 18.1. The summed E-state index contributed by atoms with van der Waals surface area (Å²) in [5.41, 5.74) is 2.19. The van der Waals surface area contributed by atoms with Gasteiger partial charge in [0.05, 0.1) is 10.5 Å². The third-order valence-electron chi connectivity index (χ3n) is 6.49. The van der Waals surface area contributed by atoms with E-state index in [1.54, 1.807) is 24.4 Å². The molecule has 0 spiro atoms. The maximum Gasteiger partial charge on any atom is 0.267 e. The lowest BCUT2D eigenvalue weighted by atomic mass is 9.90. The van der Waals surface area contributed by atoms with Gasteiger partial charge in [0.2, 0.25) is 0 Å². The average molecular weight is 503 g/mol. The van der Waals surface area contributed by atoms with Crippen molar-refractivity contribution in [3.8, 4) is 0 Å². The number of benzene rings is 1. The largest absolute Gasteiger partial charge is 0.356 e. The third-order valence-corrected chi connectivity index (χ3v) is 7.87. The molecule has 1 amide bonds. The molecule has 2 aliphatic heterocycles. The predicted octanol–water partition coefficient (Wildman–Crippen LogP) is 4.54. The lowest BCUT2D eigenvalue weighted by molar-refractivity contribution is -0.121. The second kappa shape index (κ2) is 10.2. The summed E-state index contributed by atoms with van der Waals surface area (Å²) in [5.74, 6) is 1.02. The van der Waals surface area contributed by atoms with E-state index in [2.05, 4.69) is 35.7 Å². The minimum atomic E-state index is -0.204. The van der Waals surface area contributed by atoms with E-state index in [0.29, 0.717) is 38.7 Å². The van der Waals surface area contributed by atoms with Crippen LogP contribution in [0.5, 0.6) is 0 Å². The number of rotatable bonds is 6. The summed E-state index contributed by atoms with van der Waals surface area (Å²) < 4.78 is 2.00. The average Bonchev–Trinajstić information content (AvgIpc) is 3.14. The number of piperidine rings is 1. The predicted molar refractivity (Wildman–Crippen MR) is 147 cm³/mol. The van der Waals surface area contributed by atoms with Gasteiger partial charge in [0.1, 0.15) is 15.8 Å². The molecule has 8 heteroatoms. The lowest BCUT2D eigenvalue weighted by Gasteiger charge is -2.33. The highest BCUT2D eigenvalue weighted by atomic mass is 32.2. The fourth-order valence-electron chi connectivity index (χ4n) is 4.67. The molecule has 0 aliphatic carbocycles. The van der Waals surface area contributed by atoms with Crippen LogP contribution in [0.4, 0.5) is 5.82 Å². The standard InChI is InChI=1S/C27H26N4O2S2/c1-2-13-31-26(33)22(35-27(31)34)18-21-24(28-23-10-6-7-14-30(23)25(21)32)29-15-11-20(12-16-29)17-19-8-4-3-5-9-19/h2-10,14,18,20H,1,11-13,15-17H2/b22-18+. The zero-order chi connectivity index (χ0) is 24.4. The third kappa shape index (κ3) is 4.81. The van der Waals surface area contributed by atoms with Gasteiger partial charge in [0, 0.05) is 25.8 Å². The topological polar surface area (TPSA) is 57.9 Å². The number of hydrogen-bond donors (Lipinski definition) is 0. The van der Waals surface area contributed by atoms with Gasteiger partial charge in [-0.3, -0.25) is 18.9 Å². The number of fused-ring (bicyclic) bond motifs is 1. The molecule has 0 saturated carbocycles. The number of carbonyl (C=O) groups is 1. The molecule has 0 radical (unpaired) electrons. The maximum absolute atomic E-state index is 13.5. The number of nitrogens with zero attached hydrogens (tertiary/aromatic N) is 4. The number of aromatic nitrogens is 2. The first-order chi connectivity index (χ1) is 17.0. The van der Waals surface area contributed by atoms with Crippen LogP contribution in [0.1, 0.15) is 24.0 Å². The van der Waals surface area contributed by atoms with Gasteiger partial charge >= 0.3 is 0 Å². The zero-order valence-corrected chi connectivity index (χ0v) is 20.9. The van der Waals surface area contributed by atoms with Crippen molar-refractivity contribution in [3.63, 3.8) is 0 Å². The van der Waals surface area contributed by atoms with Crippen molar-refractivity contribution in [2.24, 2.45) is 5.92 Å². The summed E-state index contributed by atoms with van der Waals surface area (Å²) in [5, 5.41) is 0. The van der Waals surface area contributed by atoms with Crippen molar-refractivity contribution in [2.75, 3.05) is 24.5 Å². The van der Waals surface area contributed by atoms with E-state index in [4.69, 9.17) is 17.2 Å². The molecule has 2 saturated heterocycles. The molecule has 2 aliphatic rings. The van der Waals surface area contributed by atoms with Gasteiger partial charge in [-0.15, -0.1) is 6.58 Å². The minimum Gasteiger partial charge on any atom is -0.356 e. The fraction of sp³-hybridized carbons (Fsp3) is 0.259. The summed E-state index contributed by atoms with van der Waals surface area (Å²) in [6, 6.07) is 16.1. The van der Waals surface area contributed by atoms with Crippen LogP contribution in [0.25, 0.3) is 11.7 Å². The Hall–Kier alpha value is -3.23. The monoisotopic (exact) mass is 502 g/mol. The SMILES string of the molecule is C=CCN1C(=O)/C(=C\c2c(N3CCC(Cc4ccccc4)CC3)nc3ccccn3c2=O)SC1=S. The van der Waals surface area contributed by atoms with E-state index >= 15 is 0 Å². The Morgan fingerprint density at radius 1 is 1.09 bits per heavy atom. The lowest BCUT2D eigenvalue weighted by Crippen LogP contribution is -2.37. The molecule has 3 aromatic rings. The molecule has 0 unspecified atom stereocenters. The highest BCUT2D eigenvalue weighted by Gasteiger charge is 2.32. The van der Waals surface area contributed by atoms with E-state index < -0.39 is 0 Å². The molecular formula is C27H26N4O2S2. The van der Waals surface area contributed by atoms with Gasteiger partial charge in [-0.25, -0.2) is 4.98 Å². The highest BCUT2D eigenvalue weighted by molar-refractivity contribution is 8.26. The molecule has 0 bridgehead atoms. The van der Waals surface area contributed by atoms with Gasteiger partial charge in [-0.2, -0.15) is 0 Å². The molecule has 35 heavy (non-hydrogen) atoms. The Kier molecular flexibility index (Phi) is 6.83. The van der Waals surface area contributed by atoms with Crippen molar-refractivity contribution in [1.29, 1.82) is 0 Å². The van der Waals surface area contributed by atoms with Crippen molar-refractivity contribution in [3.05, 3.63) is 93.8 Å². The van der Waals surface area contributed by atoms with Gasteiger partial charge in [-0.1, -0.05) is 66.5 Å². The summed E-state index contributed by atoms with van der Waals surface area (Å²) in [4.78, 5) is 35.5. The Morgan fingerprint density at radius 2 is 1.83 bits per heavy atom. The Balaban J connectivity index is 1.47. The number of hydrogen-bond acceptors (Lipinski definition) is 6. The van der Waals surface area contributed by atoms with Gasteiger partial charge in [-0.05, 0) is 49.0 Å². The fourth-order valence-corrected chi connectivity index (χ4v) is 5.93. The molecule has 1 aromatic carbocycles. The van der Waals surface area contributed by atoms with Crippen LogP contribution < -0.4 is 10.5 Å². The molecule has 0 N–H and O–H groups in total. The highest BCUT2D eigenvalue weighted by Crippen LogP contribution is 2.34. The second-order valence-corrected chi connectivity index (χ2v) is 10.5. The van der Waals surface area contributed by atoms with Crippen LogP contribution in [0.15, 0.2) is 77.1 Å². The van der Waals surface area contributed by atoms with Crippen LogP contribution in [-0.2, 0) is 11.2 Å². The number of pyridine rings is 1. The minimum absolute atomic E-state index is 0.189. The van der Waals surface area contributed by atoms with Crippen LogP contribution in [0.2, 0.25) is 0 Å². The van der Waals surface area contributed by atoms with E-state index in [1.807, 2.05) is 18.2 Å². The zero-order valence-electron chi connectivity index (χ0n) is 19.3. The molecule has 6 nitrogen and oxygen atoms in total. The molecule has 178 valence electrons. The number of anilines is 1. The van der Waals surface area contributed by atoms with Gasteiger partial charge in [0.25, 0.3) is 11.5 Å². The van der Waals surface area contributed by atoms with E-state index in [-0.39, 0.29) is 11.5 Å². The smallest absolute Gasteiger partial charge is 0.267 e. The quantitative estimate of drug-likeness (QED) is 0.280. The van der Waals surface area contributed by atoms with Crippen molar-refractivity contribution < 1.29 is 4.79 Å². The second-order valence-electron chi connectivity index (χ2n) is 8.78. The Morgan fingerprint density at radius 3 is 2.57 bits per heavy atom. The van der Waals surface area contributed by atoms with Crippen molar-refractivity contribution in [1.82, 2.24) is 14.3 Å². The first-order valence-electron chi connectivity index (χ1n) is 11.7. The molecular weight excluding hydrogens is 476 g/mol. The van der Waals surface area contributed by atoms with Crippen molar-refractivity contribution >= 4 is 51.7 Å². The van der Waals surface area contributed by atoms with Crippen molar-refractivity contribution in [2.45, 2.75) is 19.3 Å². The van der Waals surface area contributed by atoms with Crippen LogP contribution in [0.3, 0.4) is 0 Å². The van der Waals surface area contributed by atoms with Gasteiger partial charge < -0.3 is 4.90 Å². The van der Waals surface area contributed by atoms with E-state index in [9.17, 15) is 9.59 Å². The maximum atomic E-state index is 13.5. The molecule has 5 rings (SSSR count). The molecule has 4 heterocycles. The van der Waals surface area contributed by atoms with E-state index in [0.717, 1.165) is 32.4 Å². The van der Waals surface area contributed by atoms with Crippen LogP contribution >= 0.6 is 24.0 Å². The first kappa shape index (κ1) is 23.5. The van der Waals surface area contributed by atoms with Crippen LogP contribution in [0, 0.1) is 5.92 Å². The summed E-state index contributed by atoms with van der Waals surface area (Å²) in [6.45, 7) is 5.67. The number of thiocarbonyl (C=S) groups is 1. The molecule has 2 fully saturated rings. The summed E-state index contributed by atoms with van der Waals surface area (Å²) in [7, 11) is 0. The summed E-state index contributed by atoms with van der Waals surface area (Å²) in [6.07, 6.45) is 8.12. The summed E-state index contributed by atoms with van der Waals surface area (Å²) >= 11 is 6.60. The Labute approximate surface area is 214 Å². The number of amides is 1. The van der Waals surface area contributed by atoms with Gasteiger partial charge in [0.15, 0.2) is 0 Å². The molecule has 2 aromatic heterocycles. The molecule has 0 atom stereocenters. The number of carbonyl (C=O) groups excluding carboxylic acids is 1. The first-order valence-corrected chi connectivity index (χ1v) is 12.9. The van der Waals surface area contributed by atoms with E-state index in [1.165, 1.54) is 26.6 Å². The number of thioether (sulfide) groups is 1. The van der Waals surface area contributed by atoms with Crippen LogP contribution in [-0.4, -0.2) is 44.1 Å². The Bertz CT molecular complexity index is 1370.